The van der Waals surface area contributed by atoms with Crippen molar-refractivity contribution in [2.45, 2.75) is 25.8 Å². The third-order valence-electron chi connectivity index (χ3n) is 5.19. The number of aromatic nitrogens is 1. The van der Waals surface area contributed by atoms with Gasteiger partial charge in [0.2, 0.25) is 0 Å². The van der Waals surface area contributed by atoms with E-state index in [4.69, 9.17) is 4.74 Å². The Hall–Kier alpha value is -1.46. The zero-order valence-corrected chi connectivity index (χ0v) is 14.0. The van der Waals surface area contributed by atoms with Crippen LogP contribution in [0.2, 0.25) is 0 Å². The van der Waals surface area contributed by atoms with Gasteiger partial charge < -0.3 is 9.64 Å². The Kier molecular flexibility index (Phi) is 5.62. The van der Waals surface area contributed by atoms with Crippen LogP contribution < -0.4 is 0 Å². The van der Waals surface area contributed by atoms with Crippen molar-refractivity contribution in [2.24, 2.45) is 11.8 Å². The van der Waals surface area contributed by atoms with Crippen LogP contribution >= 0.6 is 0 Å². The molecule has 5 heteroatoms. The first-order valence-electron chi connectivity index (χ1n) is 8.66. The van der Waals surface area contributed by atoms with Crippen LogP contribution in [0.4, 0.5) is 0 Å². The van der Waals surface area contributed by atoms with Gasteiger partial charge in [-0.3, -0.25) is 14.7 Å². The van der Waals surface area contributed by atoms with Crippen LogP contribution in [-0.4, -0.2) is 60.6 Å². The van der Waals surface area contributed by atoms with Gasteiger partial charge in [-0.05, 0) is 36.8 Å². The smallest absolute Gasteiger partial charge is 0.308 e. The van der Waals surface area contributed by atoms with E-state index >= 15 is 0 Å². The van der Waals surface area contributed by atoms with Gasteiger partial charge in [-0.25, -0.2) is 0 Å². The van der Waals surface area contributed by atoms with E-state index < -0.39 is 0 Å². The van der Waals surface area contributed by atoms with E-state index in [1.807, 2.05) is 18.5 Å². The summed E-state index contributed by atoms with van der Waals surface area (Å²) in [6, 6.07) is 4.15. The summed E-state index contributed by atoms with van der Waals surface area (Å²) in [5.74, 6) is 0.773. The molecule has 0 spiro atoms. The van der Waals surface area contributed by atoms with Gasteiger partial charge in [0.25, 0.3) is 0 Å². The third-order valence-corrected chi connectivity index (χ3v) is 5.19. The number of carbonyl (C=O) groups excluding carboxylic acids is 1. The number of piperazine rings is 1. The second-order valence-corrected chi connectivity index (χ2v) is 6.84. The van der Waals surface area contributed by atoms with Crippen LogP contribution in [0.5, 0.6) is 0 Å². The van der Waals surface area contributed by atoms with Gasteiger partial charge in [0.05, 0.1) is 13.0 Å². The van der Waals surface area contributed by atoms with E-state index in [9.17, 15) is 4.79 Å². The van der Waals surface area contributed by atoms with Crippen molar-refractivity contribution in [3.05, 3.63) is 30.1 Å². The molecular weight excluding hydrogens is 290 g/mol. The molecule has 0 unspecified atom stereocenters. The Bertz CT molecular complexity index is 500. The molecule has 1 saturated carbocycles. The van der Waals surface area contributed by atoms with Crippen molar-refractivity contribution in [3.8, 4) is 0 Å². The fourth-order valence-electron chi connectivity index (χ4n) is 3.87. The predicted molar refractivity (Wildman–Crippen MR) is 88.8 cm³/mol. The standard InChI is InChI=1S/C18H27N3O2/c1-23-18(22)17-5-4-15(11-17)13-20-7-9-21(10-8-20)14-16-3-2-6-19-12-16/h2-3,6,12,15,17H,4-5,7-11,13-14H2,1H3/t15-,17+/m0/s1. The Morgan fingerprint density at radius 2 is 2.04 bits per heavy atom. The van der Waals surface area contributed by atoms with Crippen molar-refractivity contribution in [1.29, 1.82) is 0 Å². The van der Waals surface area contributed by atoms with Gasteiger partial charge in [0.15, 0.2) is 0 Å². The number of esters is 1. The zero-order chi connectivity index (χ0) is 16.1. The zero-order valence-electron chi connectivity index (χ0n) is 14.0. The second kappa shape index (κ2) is 7.88. The van der Waals surface area contributed by atoms with E-state index in [2.05, 4.69) is 20.9 Å². The Labute approximate surface area is 138 Å². The van der Waals surface area contributed by atoms with Crippen molar-refractivity contribution in [2.75, 3.05) is 39.8 Å². The maximum atomic E-state index is 11.6. The minimum Gasteiger partial charge on any atom is -0.469 e. The average Bonchev–Trinajstić information content (AvgIpc) is 3.05. The van der Waals surface area contributed by atoms with Crippen molar-refractivity contribution >= 4 is 5.97 Å². The molecule has 1 saturated heterocycles. The van der Waals surface area contributed by atoms with Gasteiger partial charge in [-0.15, -0.1) is 0 Å². The summed E-state index contributed by atoms with van der Waals surface area (Å²) in [4.78, 5) is 20.9. The molecule has 5 nitrogen and oxygen atoms in total. The first kappa shape index (κ1) is 16.4. The molecule has 2 heterocycles. The highest BCUT2D eigenvalue weighted by Gasteiger charge is 2.32. The van der Waals surface area contributed by atoms with Gasteiger partial charge in [-0.2, -0.15) is 0 Å². The molecule has 0 amide bonds. The van der Waals surface area contributed by atoms with Gasteiger partial charge >= 0.3 is 5.97 Å². The fraction of sp³-hybridized carbons (Fsp3) is 0.667. The lowest BCUT2D eigenvalue weighted by Gasteiger charge is -2.36. The first-order valence-corrected chi connectivity index (χ1v) is 8.66. The van der Waals surface area contributed by atoms with Crippen molar-refractivity contribution < 1.29 is 9.53 Å². The number of pyridine rings is 1. The summed E-state index contributed by atoms with van der Waals surface area (Å²) >= 11 is 0. The lowest BCUT2D eigenvalue weighted by molar-refractivity contribution is -0.145. The van der Waals surface area contributed by atoms with E-state index in [0.717, 1.165) is 58.5 Å². The molecule has 0 radical (unpaired) electrons. The van der Waals surface area contributed by atoms with Crippen molar-refractivity contribution in [3.63, 3.8) is 0 Å². The molecule has 2 fully saturated rings. The van der Waals surface area contributed by atoms with Gasteiger partial charge in [-0.1, -0.05) is 6.07 Å². The highest BCUT2D eigenvalue weighted by Crippen LogP contribution is 2.32. The average molecular weight is 317 g/mol. The summed E-state index contributed by atoms with van der Waals surface area (Å²) < 4.78 is 4.88. The predicted octanol–water partition coefficient (Wildman–Crippen LogP) is 1.79. The largest absolute Gasteiger partial charge is 0.469 e. The molecule has 3 rings (SSSR count). The monoisotopic (exact) mass is 317 g/mol. The van der Waals surface area contributed by atoms with Crippen LogP contribution in [0.3, 0.4) is 0 Å². The second-order valence-electron chi connectivity index (χ2n) is 6.84. The minimum absolute atomic E-state index is 0.0196. The van der Waals surface area contributed by atoms with Crippen LogP contribution in [-0.2, 0) is 16.1 Å². The van der Waals surface area contributed by atoms with Crippen LogP contribution in [0.15, 0.2) is 24.5 Å². The highest BCUT2D eigenvalue weighted by atomic mass is 16.5. The molecular formula is C18H27N3O2. The fourth-order valence-corrected chi connectivity index (χ4v) is 3.87. The lowest BCUT2D eigenvalue weighted by Crippen LogP contribution is -2.47. The number of methoxy groups -OCH3 is 1. The number of ether oxygens (including phenoxy) is 1. The van der Waals surface area contributed by atoms with E-state index in [1.54, 1.807) is 0 Å². The lowest BCUT2D eigenvalue weighted by atomic mass is 10.0. The topological polar surface area (TPSA) is 45.7 Å². The molecule has 2 aliphatic rings. The summed E-state index contributed by atoms with van der Waals surface area (Å²) in [6.45, 7) is 6.60. The van der Waals surface area contributed by atoms with E-state index in [-0.39, 0.29) is 11.9 Å². The molecule has 0 bridgehead atoms. The molecule has 1 aromatic rings. The summed E-state index contributed by atoms with van der Waals surface area (Å²) in [5, 5.41) is 0. The molecule has 2 atom stereocenters. The first-order chi connectivity index (χ1) is 11.2. The minimum atomic E-state index is -0.0196. The van der Waals surface area contributed by atoms with E-state index in [1.165, 1.54) is 12.7 Å². The van der Waals surface area contributed by atoms with Crippen LogP contribution in [0, 0.1) is 11.8 Å². The number of rotatable bonds is 5. The number of hydrogen-bond acceptors (Lipinski definition) is 5. The molecule has 1 aromatic heterocycles. The normalized spacial score (nSPS) is 26.3. The molecule has 23 heavy (non-hydrogen) atoms. The van der Waals surface area contributed by atoms with Gasteiger partial charge in [0, 0.05) is 51.7 Å². The molecule has 0 N–H and O–H groups in total. The summed E-state index contributed by atoms with van der Waals surface area (Å²) in [7, 11) is 1.50. The number of nitrogens with zero attached hydrogens (tertiary/aromatic N) is 3. The summed E-state index contributed by atoms with van der Waals surface area (Å²) in [5.41, 5.74) is 1.29. The third kappa shape index (κ3) is 4.52. The van der Waals surface area contributed by atoms with Crippen LogP contribution in [0.1, 0.15) is 24.8 Å². The quantitative estimate of drug-likeness (QED) is 0.775. The van der Waals surface area contributed by atoms with Crippen molar-refractivity contribution in [1.82, 2.24) is 14.8 Å². The SMILES string of the molecule is COC(=O)[C@@H]1CC[C@H](CN2CCN(Cc3cccnc3)CC2)C1. The Morgan fingerprint density at radius 3 is 2.74 bits per heavy atom. The molecule has 1 aliphatic heterocycles. The number of hydrogen-bond donors (Lipinski definition) is 0. The molecule has 0 aromatic carbocycles. The molecule has 1 aliphatic carbocycles. The summed E-state index contributed by atoms with van der Waals surface area (Å²) in [6.07, 6.45) is 6.94. The Balaban J connectivity index is 1.39. The number of carbonyl (C=O) groups is 1. The van der Waals surface area contributed by atoms with Gasteiger partial charge in [0.1, 0.15) is 0 Å². The molecule has 126 valence electrons. The maximum Gasteiger partial charge on any atom is 0.308 e. The van der Waals surface area contributed by atoms with Crippen LogP contribution in [0.25, 0.3) is 0 Å². The highest BCUT2D eigenvalue weighted by molar-refractivity contribution is 5.72. The maximum absolute atomic E-state index is 11.6. The van der Waals surface area contributed by atoms with E-state index in [0.29, 0.717) is 5.92 Å². The Morgan fingerprint density at radius 1 is 1.26 bits per heavy atom.